The standard InChI is InChI=1S/C13H20N2O5S/c1-10(2)15(3)21(17,18)14-11-6-5-7-12(8-11)20-9-13(16)19-4/h5-8,10,14H,9H2,1-4H3. The quantitative estimate of drug-likeness (QED) is 0.765. The monoisotopic (exact) mass is 316 g/mol. The third-order valence-electron chi connectivity index (χ3n) is 2.77. The Labute approximate surface area is 125 Å². The molecule has 0 saturated carbocycles. The Morgan fingerprint density at radius 3 is 2.62 bits per heavy atom. The van der Waals surface area contributed by atoms with Crippen LogP contribution in [-0.4, -0.2) is 45.5 Å². The third-order valence-corrected chi connectivity index (χ3v) is 4.45. The molecule has 0 amide bonds. The van der Waals surface area contributed by atoms with Gasteiger partial charge in [-0.15, -0.1) is 0 Å². The predicted molar refractivity (Wildman–Crippen MR) is 79.4 cm³/mol. The molecule has 7 nitrogen and oxygen atoms in total. The van der Waals surface area contributed by atoms with E-state index in [0.29, 0.717) is 11.4 Å². The molecule has 0 atom stereocenters. The first-order chi connectivity index (χ1) is 9.76. The number of anilines is 1. The van der Waals surface area contributed by atoms with Crippen molar-refractivity contribution in [2.24, 2.45) is 0 Å². The van der Waals surface area contributed by atoms with E-state index in [9.17, 15) is 13.2 Å². The van der Waals surface area contributed by atoms with Crippen LogP contribution in [0.1, 0.15) is 13.8 Å². The van der Waals surface area contributed by atoms with Gasteiger partial charge in [-0.05, 0) is 26.0 Å². The highest BCUT2D eigenvalue weighted by Crippen LogP contribution is 2.19. The van der Waals surface area contributed by atoms with E-state index in [2.05, 4.69) is 9.46 Å². The lowest BCUT2D eigenvalue weighted by Gasteiger charge is -2.21. The molecule has 1 aromatic carbocycles. The van der Waals surface area contributed by atoms with Gasteiger partial charge in [0.1, 0.15) is 5.75 Å². The van der Waals surface area contributed by atoms with Crippen LogP contribution in [0, 0.1) is 0 Å². The third kappa shape index (κ3) is 5.24. The summed E-state index contributed by atoms with van der Waals surface area (Å²) in [6, 6.07) is 6.17. The number of nitrogens with one attached hydrogen (secondary N) is 1. The van der Waals surface area contributed by atoms with Gasteiger partial charge >= 0.3 is 16.2 Å². The van der Waals surface area contributed by atoms with Gasteiger partial charge in [-0.25, -0.2) is 4.79 Å². The van der Waals surface area contributed by atoms with E-state index in [4.69, 9.17) is 4.74 Å². The van der Waals surface area contributed by atoms with Crippen LogP contribution in [0.15, 0.2) is 24.3 Å². The fourth-order valence-electron chi connectivity index (χ4n) is 1.35. The van der Waals surface area contributed by atoms with Gasteiger partial charge in [-0.2, -0.15) is 12.7 Å². The van der Waals surface area contributed by atoms with Gasteiger partial charge in [0, 0.05) is 19.2 Å². The van der Waals surface area contributed by atoms with E-state index in [1.54, 1.807) is 32.0 Å². The fourth-order valence-corrected chi connectivity index (χ4v) is 2.47. The van der Waals surface area contributed by atoms with Gasteiger partial charge in [0.15, 0.2) is 6.61 Å². The van der Waals surface area contributed by atoms with Crippen LogP contribution < -0.4 is 9.46 Å². The summed E-state index contributed by atoms with van der Waals surface area (Å²) in [5.41, 5.74) is 0.352. The second kappa shape index (κ2) is 7.28. The lowest BCUT2D eigenvalue weighted by Crippen LogP contribution is -2.37. The SMILES string of the molecule is COC(=O)COc1cccc(NS(=O)(=O)N(C)C(C)C)c1. The molecule has 1 aromatic rings. The highest BCUT2D eigenvalue weighted by molar-refractivity contribution is 7.90. The van der Waals surface area contributed by atoms with Crippen LogP contribution >= 0.6 is 0 Å². The predicted octanol–water partition coefficient (Wildman–Crippen LogP) is 1.24. The van der Waals surface area contributed by atoms with Gasteiger partial charge in [0.25, 0.3) is 0 Å². The molecule has 118 valence electrons. The van der Waals surface area contributed by atoms with Crippen molar-refractivity contribution in [1.29, 1.82) is 0 Å². The number of hydrogen-bond acceptors (Lipinski definition) is 5. The molecule has 8 heteroatoms. The number of esters is 1. The molecule has 0 aliphatic heterocycles. The average Bonchev–Trinajstić information content (AvgIpc) is 2.43. The van der Waals surface area contributed by atoms with Gasteiger partial charge in [0.2, 0.25) is 0 Å². The summed E-state index contributed by atoms with van der Waals surface area (Å²) in [6.07, 6.45) is 0. The lowest BCUT2D eigenvalue weighted by atomic mass is 10.3. The first-order valence-electron chi connectivity index (χ1n) is 6.31. The van der Waals surface area contributed by atoms with Gasteiger partial charge in [0.05, 0.1) is 12.8 Å². The lowest BCUT2D eigenvalue weighted by molar-refractivity contribution is -0.142. The van der Waals surface area contributed by atoms with Crippen LogP contribution in [0.2, 0.25) is 0 Å². The summed E-state index contributed by atoms with van der Waals surface area (Å²) < 4.78 is 37.4. The minimum Gasteiger partial charge on any atom is -0.482 e. The van der Waals surface area contributed by atoms with E-state index in [1.807, 2.05) is 0 Å². The van der Waals surface area contributed by atoms with Crippen LogP contribution in [-0.2, 0) is 19.7 Å². The van der Waals surface area contributed by atoms with Crippen molar-refractivity contribution in [1.82, 2.24) is 4.31 Å². The number of ether oxygens (including phenoxy) is 2. The minimum absolute atomic E-state index is 0.166. The normalized spacial score (nSPS) is 11.5. The summed E-state index contributed by atoms with van der Waals surface area (Å²) in [7, 11) is -0.877. The molecule has 0 saturated heterocycles. The Morgan fingerprint density at radius 2 is 2.05 bits per heavy atom. The average molecular weight is 316 g/mol. The molecule has 0 spiro atoms. The number of nitrogens with zero attached hydrogens (tertiary/aromatic N) is 1. The molecule has 21 heavy (non-hydrogen) atoms. The largest absolute Gasteiger partial charge is 0.482 e. The molecule has 1 rings (SSSR count). The Morgan fingerprint density at radius 1 is 1.38 bits per heavy atom. The molecular weight excluding hydrogens is 296 g/mol. The summed E-state index contributed by atoms with van der Waals surface area (Å²) in [5, 5.41) is 0. The molecule has 0 bridgehead atoms. The van der Waals surface area contributed by atoms with Crippen molar-refractivity contribution in [3.63, 3.8) is 0 Å². The van der Waals surface area contributed by atoms with E-state index in [0.717, 1.165) is 0 Å². The Hall–Kier alpha value is -1.80. The van der Waals surface area contributed by atoms with Crippen molar-refractivity contribution < 1.29 is 22.7 Å². The molecule has 0 fully saturated rings. The highest BCUT2D eigenvalue weighted by Gasteiger charge is 2.20. The molecule has 1 N–H and O–H groups in total. The Kier molecular flexibility index (Phi) is 5.98. The van der Waals surface area contributed by atoms with Gasteiger partial charge in [-0.3, -0.25) is 4.72 Å². The summed E-state index contributed by atoms with van der Waals surface area (Å²) in [4.78, 5) is 11.0. The molecule has 0 unspecified atom stereocenters. The maximum absolute atomic E-state index is 12.1. The topological polar surface area (TPSA) is 84.9 Å². The second-order valence-corrected chi connectivity index (χ2v) is 6.34. The van der Waals surface area contributed by atoms with Crippen molar-refractivity contribution >= 4 is 21.9 Å². The first-order valence-corrected chi connectivity index (χ1v) is 7.75. The maximum atomic E-state index is 12.1. The van der Waals surface area contributed by atoms with Crippen molar-refractivity contribution in [2.75, 3.05) is 25.5 Å². The van der Waals surface area contributed by atoms with Crippen molar-refractivity contribution in [3.8, 4) is 5.75 Å². The Balaban J connectivity index is 2.79. The molecule has 0 radical (unpaired) electrons. The second-order valence-electron chi connectivity index (χ2n) is 4.61. The Bertz CT molecular complexity index is 586. The van der Waals surface area contributed by atoms with E-state index in [1.165, 1.54) is 24.5 Å². The molecular formula is C13H20N2O5S. The smallest absolute Gasteiger partial charge is 0.343 e. The fraction of sp³-hybridized carbons (Fsp3) is 0.462. The first kappa shape index (κ1) is 17.3. The molecule has 0 aliphatic rings. The summed E-state index contributed by atoms with van der Waals surface area (Å²) in [6.45, 7) is 3.31. The van der Waals surface area contributed by atoms with Gasteiger partial charge in [-0.1, -0.05) is 6.07 Å². The zero-order chi connectivity index (χ0) is 16.0. The minimum atomic E-state index is -3.63. The summed E-state index contributed by atoms with van der Waals surface area (Å²) in [5.74, 6) is -0.145. The number of rotatable bonds is 7. The zero-order valence-corrected chi connectivity index (χ0v) is 13.3. The highest BCUT2D eigenvalue weighted by atomic mass is 32.2. The number of hydrogen-bond donors (Lipinski definition) is 1. The summed E-state index contributed by atoms with van der Waals surface area (Å²) >= 11 is 0. The maximum Gasteiger partial charge on any atom is 0.343 e. The van der Waals surface area contributed by atoms with E-state index >= 15 is 0 Å². The zero-order valence-electron chi connectivity index (χ0n) is 12.5. The number of methoxy groups -OCH3 is 1. The van der Waals surface area contributed by atoms with E-state index in [-0.39, 0.29) is 12.6 Å². The van der Waals surface area contributed by atoms with Crippen LogP contribution in [0.5, 0.6) is 5.75 Å². The van der Waals surface area contributed by atoms with Crippen LogP contribution in [0.4, 0.5) is 5.69 Å². The van der Waals surface area contributed by atoms with E-state index < -0.39 is 16.2 Å². The molecule has 0 aromatic heterocycles. The number of benzene rings is 1. The van der Waals surface area contributed by atoms with Crippen LogP contribution in [0.25, 0.3) is 0 Å². The molecule has 0 heterocycles. The van der Waals surface area contributed by atoms with Crippen molar-refractivity contribution in [3.05, 3.63) is 24.3 Å². The number of carbonyl (C=O) groups excluding carboxylic acids is 1. The van der Waals surface area contributed by atoms with Gasteiger partial charge < -0.3 is 9.47 Å². The molecule has 0 aliphatic carbocycles. The van der Waals surface area contributed by atoms with Crippen molar-refractivity contribution in [2.45, 2.75) is 19.9 Å². The van der Waals surface area contributed by atoms with Crippen LogP contribution in [0.3, 0.4) is 0 Å². The number of carbonyl (C=O) groups is 1.